The molecular formula is C13H11ClFNO. The van der Waals surface area contributed by atoms with E-state index < -0.39 is 11.9 Å². The van der Waals surface area contributed by atoms with Crippen molar-refractivity contribution in [2.45, 2.75) is 13.0 Å². The molecule has 0 fully saturated rings. The normalized spacial score (nSPS) is 12.5. The summed E-state index contributed by atoms with van der Waals surface area (Å²) < 4.78 is 13.0. The maximum absolute atomic E-state index is 13.0. The zero-order chi connectivity index (χ0) is 12.4. The molecule has 0 saturated carbocycles. The predicted molar refractivity (Wildman–Crippen MR) is 64.4 cm³/mol. The quantitative estimate of drug-likeness (QED) is 0.889. The highest BCUT2D eigenvalue weighted by molar-refractivity contribution is 6.31. The Labute approximate surface area is 104 Å². The van der Waals surface area contributed by atoms with Crippen LogP contribution in [0, 0.1) is 12.7 Å². The summed E-state index contributed by atoms with van der Waals surface area (Å²) >= 11 is 6.04. The summed E-state index contributed by atoms with van der Waals surface area (Å²) in [7, 11) is 0. The van der Waals surface area contributed by atoms with E-state index in [0.717, 1.165) is 11.8 Å². The monoisotopic (exact) mass is 251 g/mol. The third kappa shape index (κ3) is 2.62. The van der Waals surface area contributed by atoms with Gasteiger partial charge in [0.25, 0.3) is 0 Å². The average molecular weight is 252 g/mol. The van der Waals surface area contributed by atoms with Crippen molar-refractivity contribution in [3.8, 4) is 0 Å². The maximum atomic E-state index is 13.0. The van der Waals surface area contributed by atoms with Gasteiger partial charge in [0.2, 0.25) is 0 Å². The molecule has 1 atom stereocenters. The second-order valence-electron chi connectivity index (χ2n) is 3.86. The van der Waals surface area contributed by atoms with Crippen LogP contribution in [0.1, 0.15) is 22.8 Å². The number of hydrogen-bond acceptors (Lipinski definition) is 2. The Bertz CT molecular complexity index is 545. The van der Waals surface area contributed by atoms with Crippen LogP contribution in [0.25, 0.3) is 0 Å². The zero-order valence-corrected chi connectivity index (χ0v) is 9.95. The Morgan fingerprint density at radius 3 is 2.71 bits per heavy atom. The number of aryl methyl sites for hydroxylation is 1. The van der Waals surface area contributed by atoms with Crippen LogP contribution in [0.4, 0.5) is 4.39 Å². The molecule has 4 heteroatoms. The van der Waals surface area contributed by atoms with Crippen LogP contribution in [0.15, 0.2) is 36.7 Å². The van der Waals surface area contributed by atoms with Gasteiger partial charge in [0, 0.05) is 22.3 Å². The fraction of sp³-hybridized carbons (Fsp3) is 0.154. The largest absolute Gasteiger partial charge is 0.384 e. The molecule has 2 rings (SSSR count). The highest BCUT2D eigenvalue weighted by atomic mass is 35.5. The Balaban J connectivity index is 2.40. The van der Waals surface area contributed by atoms with Gasteiger partial charge < -0.3 is 5.11 Å². The Hall–Kier alpha value is -1.45. The second kappa shape index (κ2) is 4.82. The zero-order valence-electron chi connectivity index (χ0n) is 9.19. The number of aliphatic hydroxyl groups excluding tert-OH is 1. The molecule has 2 aromatic rings. The van der Waals surface area contributed by atoms with Gasteiger partial charge in [-0.25, -0.2) is 4.39 Å². The molecule has 1 aromatic heterocycles. The molecular weight excluding hydrogens is 241 g/mol. The van der Waals surface area contributed by atoms with E-state index in [0.29, 0.717) is 16.1 Å². The summed E-state index contributed by atoms with van der Waals surface area (Å²) in [5.41, 5.74) is 1.93. The fourth-order valence-electron chi connectivity index (χ4n) is 1.61. The van der Waals surface area contributed by atoms with Gasteiger partial charge in [0.05, 0.1) is 6.20 Å². The first-order valence-corrected chi connectivity index (χ1v) is 5.50. The van der Waals surface area contributed by atoms with E-state index in [1.54, 1.807) is 12.1 Å². The predicted octanol–water partition coefficient (Wildman–Crippen LogP) is 3.26. The Morgan fingerprint density at radius 1 is 1.29 bits per heavy atom. The van der Waals surface area contributed by atoms with Gasteiger partial charge in [0.15, 0.2) is 0 Å². The topological polar surface area (TPSA) is 33.1 Å². The third-order valence-corrected chi connectivity index (χ3v) is 2.82. The van der Waals surface area contributed by atoms with Crippen molar-refractivity contribution < 1.29 is 9.50 Å². The fourth-order valence-corrected chi connectivity index (χ4v) is 1.95. The minimum absolute atomic E-state index is 0.385. The van der Waals surface area contributed by atoms with Gasteiger partial charge in [-0.1, -0.05) is 23.7 Å². The van der Waals surface area contributed by atoms with Crippen molar-refractivity contribution in [1.82, 2.24) is 4.98 Å². The molecule has 0 aliphatic carbocycles. The van der Waals surface area contributed by atoms with Gasteiger partial charge in [0.1, 0.15) is 11.9 Å². The third-order valence-electron chi connectivity index (χ3n) is 2.49. The Kier molecular flexibility index (Phi) is 3.41. The molecule has 17 heavy (non-hydrogen) atoms. The van der Waals surface area contributed by atoms with E-state index in [1.165, 1.54) is 12.3 Å². The molecule has 1 N–H and O–H groups in total. The van der Waals surface area contributed by atoms with E-state index in [9.17, 15) is 9.50 Å². The lowest BCUT2D eigenvalue weighted by molar-refractivity contribution is 0.219. The van der Waals surface area contributed by atoms with Crippen molar-refractivity contribution in [3.63, 3.8) is 0 Å². The van der Waals surface area contributed by atoms with Crippen molar-refractivity contribution in [3.05, 3.63) is 64.2 Å². The minimum Gasteiger partial charge on any atom is -0.384 e. The molecule has 1 heterocycles. The van der Waals surface area contributed by atoms with E-state index in [1.807, 2.05) is 13.0 Å². The van der Waals surface area contributed by atoms with Crippen LogP contribution in [0.3, 0.4) is 0 Å². The highest BCUT2D eigenvalue weighted by Gasteiger charge is 2.14. The first kappa shape index (κ1) is 12.0. The molecule has 0 radical (unpaired) electrons. The molecule has 0 aliphatic rings. The summed E-state index contributed by atoms with van der Waals surface area (Å²) in [5, 5.41) is 10.6. The summed E-state index contributed by atoms with van der Waals surface area (Å²) in [6.07, 6.45) is 1.54. The number of pyridine rings is 1. The summed E-state index contributed by atoms with van der Waals surface area (Å²) in [6.45, 7) is 1.91. The van der Waals surface area contributed by atoms with Gasteiger partial charge in [-0.3, -0.25) is 4.98 Å². The standard InChI is InChI=1S/C13H11ClFNO/c1-8-2-3-11(12(14)4-8)13(17)9-5-10(15)7-16-6-9/h2-7,13,17H,1H3. The van der Waals surface area contributed by atoms with E-state index in [4.69, 9.17) is 11.6 Å². The van der Waals surface area contributed by atoms with Crippen molar-refractivity contribution in [1.29, 1.82) is 0 Å². The first-order valence-electron chi connectivity index (χ1n) is 5.12. The lowest BCUT2D eigenvalue weighted by Gasteiger charge is -2.13. The van der Waals surface area contributed by atoms with Crippen LogP contribution < -0.4 is 0 Å². The number of hydrogen-bond donors (Lipinski definition) is 1. The molecule has 88 valence electrons. The van der Waals surface area contributed by atoms with Gasteiger partial charge in [-0.2, -0.15) is 0 Å². The molecule has 1 aromatic carbocycles. The first-order chi connectivity index (χ1) is 8.08. The minimum atomic E-state index is -0.966. The van der Waals surface area contributed by atoms with Crippen molar-refractivity contribution in [2.75, 3.05) is 0 Å². The van der Waals surface area contributed by atoms with Crippen molar-refractivity contribution in [2.24, 2.45) is 0 Å². The lowest BCUT2D eigenvalue weighted by Crippen LogP contribution is -2.02. The number of nitrogens with zero attached hydrogens (tertiary/aromatic N) is 1. The number of halogens is 2. The molecule has 1 unspecified atom stereocenters. The SMILES string of the molecule is Cc1ccc(C(O)c2cncc(F)c2)c(Cl)c1. The Morgan fingerprint density at radius 2 is 2.06 bits per heavy atom. The summed E-state index contributed by atoms with van der Waals surface area (Å²) in [6, 6.07) is 6.57. The van der Waals surface area contributed by atoms with E-state index in [2.05, 4.69) is 4.98 Å². The van der Waals surface area contributed by atoms with Crippen LogP contribution in [-0.4, -0.2) is 10.1 Å². The molecule has 0 bridgehead atoms. The molecule has 2 nitrogen and oxygen atoms in total. The number of benzene rings is 1. The molecule has 0 spiro atoms. The van der Waals surface area contributed by atoms with Crippen LogP contribution in [0.2, 0.25) is 5.02 Å². The lowest BCUT2D eigenvalue weighted by atomic mass is 10.0. The summed E-state index contributed by atoms with van der Waals surface area (Å²) in [5.74, 6) is -0.482. The molecule has 0 aliphatic heterocycles. The molecule has 0 saturated heterocycles. The van der Waals surface area contributed by atoms with E-state index in [-0.39, 0.29) is 0 Å². The van der Waals surface area contributed by atoms with Crippen LogP contribution in [-0.2, 0) is 0 Å². The number of aliphatic hydroxyl groups is 1. The van der Waals surface area contributed by atoms with Crippen molar-refractivity contribution >= 4 is 11.6 Å². The van der Waals surface area contributed by atoms with Crippen LogP contribution >= 0.6 is 11.6 Å². The molecule has 0 amide bonds. The van der Waals surface area contributed by atoms with Gasteiger partial charge in [-0.05, 0) is 24.6 Å². The number of rotatable bonds is 2. The highest BCUT2D eigenvalue weighted by Crippen LogP contribution is 2.28. The van der Waals surface area contributed by atoms with Gasteiger partial charge >= 0.3 is 0 Å². The summed E-state index contributed by atoms with van der Waals surface area (Å²) in [4.78, 5) is 3.70. The van der Waals surface area contributed by atoms with Crippen LogP contribution in [0.5, 0.6) is 0 Å². The average Bonchev–Trinajstić information content (AvgIpc) is 2.28. The second-order valence-corrected chi connectivity index (χ2v) is 4.27. The maximum Gasteiger partial charge on any atom is 0.141 e. The van der Waals surface area contributed by atoms with Gasteiger partial charge in [-0.15, -0.1) is 0 Å². The smallest absolute Gasteiger partial charge is 0.141 e. The van der Waals surface area contributed by atoms with E-state index >= 15 is 0 Å². The number of aromatic nitrogens is 1.